The minimum absolute atomic E-state index is 0.294. The van der Waals surface area contributed by atoms with E-state index in [9.17, 15) is 4.79 Å². The van der Waals surface area contributed by atoms with Crippen LogP contribution in [0.4, 0.5) is 5.82 Å². The Kier molecular flexibility index (Phi) is 6.58. The van der Waals surface area contributed by atoms with Crippen molar-refractivity contribution in [3.05, 3.63) is 83.6 Å². The van der Waals surface area contributed by atoms with E-state index < -0.39 is 5.97 Å². The van der Waals surface area contributed by atoms with E-state index in [4.69, 9.17) is 9.47 Å². The molecule has 0 bridgehead atoms. The molecule has 0 spiro atoms. The molecule has 33 heavy (non-hydrogen) atoms. The van der Waals surface area contributed by atoms with E-state index in [1.165, 1.54) is 11.9 Å². The smallest absolute Gasteiger partial charge is 0.338 e. The van der Waals surface area contributed by atoms with Crippen LogP contribution < -0.4 is 9.64 Å². The molecule has 4 aromatic rings. The number of pyridine rings is 1. The Morgan fingerprint density at radius 3 is 2.61 bits per heavy atom. The van der Waals surface area contributed by atoms with Crippen molar-refractivity contribution in [3.63, 3.8) is 0 Å². The summed E-state index contributed by atoms with van der Waals surface area (Å²) in [5, 5.41) is 12.8. The summed E-state index contributed by atoms with van der Waals surface area (Å²) in [7, 11) is 4.97. The second-order valence-electron chi connectivity index (χ2n) is 7.36. The summed E-state index contributed by atoms with van der Waals surface area (Å²) in [4.78, 5) is 19.9. The third-order valence-electron chi connectivity index (χ3n) is 5.18. The highest BCUT2D eigenvalue weighted by atomic mass is 16.5. The summed E-state index contributed by atoms with van der Waals surface area (Å²) < 4.78 is 10.5. The predicted octanol–water partition coefficient (Wildman–Crippen LogP) is 3.22. The van der Waals surface area contributed by atoms with Gasteiger partial charge in [0.25, 0.3) is 0 Å². The highest BCUT2D eigenvalue weighted by molar-refractivity contribution is 5.90. The highest BCUT2D eigenvalue weighted by Crippen LogP contribution is 2.27. The Bertz CT molecular complexity index is 1240. The molecule has 0 amide bonds. The van der Waals surface area contributed by atoms with Gasteiger partial charge in [-0.05, 0) is 35.0 Å². The van der Waals surface area contributed by atoms with Crippen molar-refractivity contribution in [1.29, 1.82) is 0 Å². The van der Waals surface area contributed by atoms with Crippen molar-refractivity contribution in [2.24, 2.45) is 0 Å². The third kappa shape index (κ3) is 4.98. The maximum Gasteiger partial charge on any atom is 0.338 e. The number of anilines is 1. The van der Waals surface area contributed by atoms with Crippen molar-refractivity contribution in [3.8, 4) is 17.1 Å². The molecule has 2 heterocycles. The van der Waals surface area contributed by atoms with Gasteiger partial charge in [0, 0.05) is 30.9 Å². The van der Waals surface area contributed by atoms with Gasteiger partial charge < -0.3 is 14.4 Å². The zero-order valence-electron chi connectivity index (χ0n) is 18.7. The Morgan fingerprint density at radius 2 is 1.85 bits per heavy atom. The first kappa shape index (κ1) is 21.9. The van der Waals surface area contributed by atoms with Gasteiger partial charge in [-0.1, -0.05) is 36.4 Å². The largest absolute Gasteiger partial charge is 0.496 e. The van der Waals surface area contributed by atoms with E-state index in [1.807, 2.05) is 60.5 Å². The first-order chi connectivity index (χ1) is 16.1. The standard InChI is InChI=1S/C24H24N6O3/c1-29(22-10-6-7-13-25-22)15-19-12-11-17(14-21(19)32-2)23-26-28-30(27-23)16-18-8-4-5-9-20(18)24(31)33-3/h4-14H,15-16H2,1-3H3. The molecule has 9 heteroatoms. The minimum Gasteiger partial charge on any atom is -0.496 e. The Labute approximate surface area is 191 Å². The summed E-state index contributed by atoms with van der Waals surface area (Å²) >= 11 is 0. The van der Waals surface area contributed by atoms with Crippen molar-refractivity contribution < 1.29 is 14.3 Å². The van der Waals surface area contributed by atoms with E-state index in [0.717, 1.165) is 28.3 Å². The maximum absolute atomic E-state index is 12.0. The Hall–Kier alpha value is -4.27. The van der Waals surface area contributed by atoms with Gasteiger partial charge >= 0.3 is 5.97 Å². The molecule has 2 aromatic heterocycles. The highest BCUT2D eigenvalue weighted by Gasteiger charge is 2.15. The average Bonchev–Trinajstić information content (AvgIpc) is 3.33. The summed E-state index contributed by atoms with van der Waals surface area (Å²) in [5.74, 6) is 1.67. The van der Waals surface area contributed by atoms with Gasteiger partial charge in [-0.2, -0.15) is 4.80 Å². The molecule has 0 aliphatic heterocycles. The number of ether oxygens (including phenoxy) is 2. The van der Waals surface area contributed by atoms with Crippen molar-refractivity contribution in [2.45, 2.75) is 13.1 Å². The zero-order chi connectivity index (χ0) is 23.2. The quantitative estimate of drug-likeness (QED) is 0.382. The molecule has 0 aliphatic rings. The van der Waals surface area contributed by atoms with Crippen LogP contribution in [-0.2, 0) is 17.8 Å². The topological polar surface area (TPSA) is 95.3 Å². The first-order valence-corrected chi connectivity index (χ1v) is 10.3. The molecule has 0 unspecified atom stereocenters. The van der Waals surface area contributed by atoms with Crippen LogP contribution in [0.2, 0.25) is 0 Å². The lowest BCUT2D eigenvalue weighted by Crippen LogP contribution is -2.17. The van der Waals surface area contributed by atoms with Crippen molar-refractivity contribution >= 4 is 11.8 Å². The molecule has 2 aromatic carbocycles. The predicted molar refractivity (Wildman–Crippen MR) is 123 cm³/mol. The maximum atomic E-state index is 12.0. The number of benzene rings is 2. The number of hydrogen-bond acceptors (Lipinski definition) is 8. The number of esters is 1. The molecule has 168 valence electrons. The van der Waals surface area contributed by atoms with Gasteiger partial charge in [0.05, 0.1) is 26.3 Å². The fraction of sp³-hybridized carbons (Fsp3) is 0.208. The normalized spacial score (nSPS) is 10.6. The molecule has 4 rings (SSSR count). The minimum atomic E-state index is -0.401. The van der Waals surface area contributed by atoms with Crippen LogP contribution in [0, 0.1) is 0 Å². The summed E-state index contributed by atoms with van der Waals surface area (Å²) in [6.07, 6.45) is 1.77. The SMILES string of the molecule is COC(=O)c1ccccc1Cn1nnc(-c2ccc(CN(C)c3ccccn3)c(OC)c2)n1. The molecular weight excluding hydrogens is 420 g/mol. The van der Waals surface area contributed by atoms with E-state index >= 15 is 0 Å². The van der Waals surface area contributed by atoms with E-state index in [1.54, 1.807) is 25.4 Å². The van der Waals surface area contributed by atoms with E-state index in [-0.39, 0.29) is 0 Å². The molecule has 0 aliphatic carbocycles. The molecular formula is C24H24N6O3. The average molecular weight is 444 g/mol. The van der Waals surface area contributed by atoms with Crippen molar-refractivity contribution in [1.82, 2.24) is 25.2 Å². The summed E-state index contributed by atoms with van der Waals surface area (Å²) in [5.41, 5.74) is 3.01. The van der Waals surface area contributed by atoms with Crippen LogP contribution >= 0.6 is 0 Å². The lowest BCUT2D eigenvalue weighted by atomic mass is 10.1. The first-order valence-electron chi connectivity index (χ1n) is 10.3. The second-order valence-corrected chi connectivity index (χ2v) is 7.36. The molecule has 0 fully saturated rings. The number of carbonyl (C=O) groups is 1. The zero-order valence-corrected chi connectivity index (χ0v) is 18.7. The van der Waals surface area contributed by atoms with Crippen LogP contribution in [0.25, 0.3) is 11.4 Å². The molecule has 9 nitrogen and oxygen atoms in total. The van der Waals surface area contributed by atoms with E-state index in [0.29, 0.717) is 24.5 Å². The van der Waals surface area contributed by atoms with Gasteiger partial charge in [0.1, 0.15) is 11.6 Å². The number of rotatable bonds is 8. The van der Waals surface area contributed by atoms with Crippen LogP contribution in [0.15, 0.2) is 66.9 Å². The van der Waals surface area contributed by atoms with Gasteiger partial charge in [0.15, 0.2) is 0 Å². The Balaban J connectivity index is 1.53. The van der Waals surface area contributed by atoms with Crippen LogP contribution in [-0.4, -0.2) is 52.4 Å². The van der Waals surface area contributed by atoms with Crippen LogP contribution in [0.5, 0.6) is 5.75 Å². The number of methoxy groups -OCH3 is 2. The number of carbonyl (C=O) groups excluding carboxylic acids is 1. The van der Waals surface area contributed by atoms with Gasteiger partial charge in [-0.3, -0.25) is 0 Å². The molecule has 0 N–H and O–H groups in total. The summed E-state index contributed by atoms with van der Waals surface area (Å²) in [6.45, 7) is 0.924. The lowest BCUT2D eigenvalue weighted by molar-refractivity contribution is 0.0599. The molecule has 0 saturated heterocycles. The number of nitrogens with zero attached hydrogens (tertiary/aromatic N) is 6. The van der Waals surface area contributed by atoms with Crippen LogP contribution in [0.1, 0.15) is 21.5 Å². The summed E-state index contributed by atoms with van der Waals surface area (Å²) in [6, 6.07) is 18.8. The molecule has 0 radical (unpaired) electrons. The monoisotopic (exact) mass is 444 g/mol. The van der Waals surface area contributed by atoms with Gasteiger partial charge in [0.2, 0.25) is 5.82 Å². The second kappa shape index (κ2) is 9.90. The lowest BCUT2D eigenvalue weighted by Gasteiger charge is -2.19. The van der Waals surface area contributed by atoms with Crippen LogP contribution in [0.3, 0.4) is 0 Å². The number of aromatic nitrogens is 5. The fourth-order valence-electron chi connectivity index (χ4n) is 3.48. The van der Waals surface area contributed by atoms with Gasteiger partial charge in [-0.25, -0.2) is 9.78 Å². The van der Waals surface area contributed by atoms with Gasteiger partial charge in [-0.15, -0.1) is 10.2 Å². The Morgan fingerprint density at radius 1 is 1.03 bits per heavy atom. The van der Waals surface area contributed by atoms with Crippen molar-refractivity contribution in [2.75, 3.05) is 26.2 Å². The molecule has 0 saturated carbocycles. The molecule has 0 atom stereocenters. The fourth-order valence-corrected chi connectivity index (χ4v) is 3.48. The third-order valence-corrected chi connectivity index (χ3v) is 5.18. The van der Waals surface area contributed by atoms with E-state index in [2.05, 4.69) is 20.4 Å². The number of hydrogen-bond donors (Lipinski definition) is 0. The number of tetrazole rings is 1.